The molecule has 0 aromatic carbocycles. The Balaban J connectivity index is 2.49. The lowest BCUT2D eigenvalue weighted by molar-refractivity contribution is -0.144. The van der Waals surface area contributed by atoms with Crippen LogP contribution in [0.15, 0.2) is 4.99 Å². The smallest absolute Gasteiger partial charge is 0.310 e. The summed E-state index contributed by atoms with van der Waals surface area (Å²) < 4.78 is 4.75. The summed E-state index contributed by atoms with van der Waals surface area (Å²) in [4.78, 5) is 18.1. The number of nitrogens with zero attached hydrogens (tertiary/aromatic N) is 2. The van der Waals surface area contributed by atoms with E-state index in [4.69, 9.17) is 4.74 Å². The Morgan fingerprint density at radius 3 is 2.62 bits per heavy atom. The van der Waals surface area contributed by atoms with Gasteiger partial charge in [0.1, 0.15) is 0 Å². The van der Waals surface area contributed by atoms with Gasteiger partial charge in [-0.3, -0.25) is 9.79 Å². The van der Waals surface area contributed by atoms with Gasteiger partial charge in [-0.15, -0.1) is 0 Å². The molecule has 1 rings (SSSR count). The van der Waals surface area contributed by atoms with Gasteiger partial charge in [0.05, 0.1) is 13.0 Å². The number of likely N-dealkylation sites (tertiary alicyclic amines) is 1. The van der Waals surface area contributed by atoms with Gasteiger partial charge in [0, 0.05) is 26.7 Å². The molecular formula is C16H31N3O2. The number of guanidine groups is 1. The molecule has 1 aliphatic heterocycles. The minimum atomic E-state index is -0.186. The largest absolute Gasteiger partial charge is 0.469 e. The Bertz CT molecular complexity index is 353. The van der Waals surface area contributed by atoms with Gasteiger partial charge in [0.15, 0.2) is 5.96 Å². The number of carbonyl (C=O) groups is 1. The van der Waals surface area contributed by atoms with Crippen molar-refractivity contribution in [3.63, 3.8) is 0 Å². The number of esters is 1. The zero-order valence-corrected chi connectivity index (χ0v) is 14.2. The van der Waals surface area contributed by atoms with Crippen LogP contribution in [0.5, 0.6) is 0 Å². The molecule has 5 heteroatoms. The molecule has 122 valence electrons. The second kappa shape index (κ2) is 8.90. The van der Waals surface area contributed by atoms with Crippen LogP contribution in [0.2, 0.25) is 0 Å². The van der Waals surface area contributed by atoms with Crippen LogP contribution >= 0.6 is 0 Å². The van der Waals surface area contributed by atoms with Crippen molar-refractivity contribution in [3.05, 3.63) is 0 Å². The molecular weight excluding hydrogens is 266 g/mol. The minimum absolute atomic E-state index is 0.163. The lowest BCUT2D eigenvalue weighted by Gasteiger charge is -2.24. The van der Waals surface area contributed by atoms with Crippen LogP contribution in [0.25, 0.3) is 0 Å². The van der Waals surface area contributed by atoms with E-state index in [0.717, 1.165) is 30.9 Å². The van der Waals surface area contributed by atoms with Gasteiger partial charge >= 0.3 is 5.97 Å². The third-order valence-electron chi connectivity index (χ3n) is 4.62. The monoisotopic (exact) mass is 297 g/mol. The normalized spacial score (nSPS) is 20.8. The number of aliphatic imine (C=N–C) groups is 1. The van der Waals surface area contributed by atoms with Gasteiger partial charge in [-0.25, -0.2) is 0 Å². The minimum Gasteiger partial charge on any atom is -0.469 e. The molecule has 0 saturated carbocycles. The van der Waals surface area contributed by atoms with Crippen molar-refractivity contribution in [2.75, 3.05) is 33.8 Å². The number of methoxy groups -OCH3 is 1. The average molecular weight is 297 g/mol. The van der Waals surface area contributed by atoms with Crippen LogP contribution in [-0.4, -0.2) is 50.6 Å². The number of carbonyl (C=O) groups excluding carboxylic acids is 1. The van der Waals surface area contributed by atoms with Crippen LogP contribution in [-0.2, 0) is 9.53 Å². The SMILES string of the molecule is CCC(CC)C1CCN(C(=NC)NCC(C)C(=O)OC)C1. The average Bonchev–Trinajstić information content (AvgIpc) is 2.97. The molecule has 0 aromatic heterocycles. The summed E-state index contributed by atoms with van der Waals surface area (Å²) in [7, 11) is 3.23. The van der Waals surface area contributed by atoms with Crippen molar-refractivity contribution in [1.29, 1.82) is 0 Å². The maximum atomic E-state index is 11.4. The molecule has 1 heterocycles. The fraction of sp³-hybridized carbons (Fsp3) is 0.875. The van der Waals surface area contributed by atoms with E-state index in [0.29, 0.717) is 6.54 Å². The van der Waals surface area contributed by atoms with E-state index in [9.17, 15) is 4.79 Å². The Hall–Kier alpha value is -1.26. The molecule has 1 fully saturated rings. The highest BCUT2D eigenvalue weighted by molar-refractivity contribution is 5.81. The molecule has 0 amide bonds. The fourth-order valence-corrected chi connectivity index (χ4v) is 3.18. The lowest BCUT2D eigenvalue weighted by atomic mass is 9.87. The highest BCUT2D eigenvalue weighted by Crippen LogP contribution is 2.28. The third-order valence-corrected chi connectivity index (χ3v) is 4.62. The number of nitrogens with one attached hydrogen (secondary N) is 1. The molecule has 0 aromatic rings. The molecule has 2 atom stereocenters. The number of rotatable bonds is 6. The first-order valence-corrected chi connectivity index (χ1v) is 8.10. The molecule has 21 heavy (non-hydrogen) atoms. The van der Waals surface area contributed by atoms with Crippen molar-refractivity contribution >= 4 is 11.9 Å². The Morgan fingerprint density at radius 2 is 2.10 bits per heavy atom. The van der Waals surface area contributed by atoms with E-state index in [1.165, 1.54) is 26.4 Å². The molecule has 0 bridgehead atoms. The predicted octanol–water partition coefficient (Wildman–Crippen LogP) is 2.13. The van der Waals surface area contributed by atoms with E-state index in [2.05, 4.69) is 29.1 Å². The van der Waals surface area contributed by atoms with E-state index in [1.807, 2.05) is 6.92 Å². The molecule has 2 unspecified atom stereocenters. The Kier molecular flexibility index (Phi) is 7.54. The molecule has 1 aliphatic rings. The van der Waals surface area contributed by atoms with Crippen LogP contribution in [0.4, 0.5) is 0 Å². The second-order valence-corrected chi connectivity index (χ2v) is 5.92. The number of hydrogen-bond donors (Lipinski definition) is 1. The maximum Gasteiger partial charge on any atom is 0.310 e. The molecule has 5 nitrogen and oxygen atoms in total. The van der Waals surface area contributed by atoms with Gasteiger partial charge in [-0.05, 0) is 18.3 Å². The van der Waals surface area contributed by atoms with Gasteiger partial charge in [-0.1, -0.05) is 33.6 Å². The molecule has 1 N–H and O–H groups in total. The van der Waals surface area contributed by atoms with E-state index < -0.39 is 0 Å². The van der Waals surface area contributed by atoms with Crippen LogP contribution in [0, 0.1) is 17.8 Å². The standard InChI is InChI=1S/C16H31N3O2/c1-6-13(7-2)14-8-9-19(11-14)16(17-4)18-10-12(3)15(20)21-5/h12-14H,6-11H2,1-5H3,(H,17,18). The summed E-state index contributed by atoms with van der Waals surface area (Å²) >= 11 is 0. The topological polar surface area (TPSA) is 53.9 Å². The van der Waals surface area contributed by atoms with Crippen molar-refractivity contribution in [2.24, 2.45) is 22.7 Å². The van der Waals surface area contributed by atoms with Crippen LogP contribution in [0.3, 0.4) is 0 Å². The molecule has 0 radical (unpaired) electrons. The quantitative estimate of drug-likeness (QED) is 0.463. The van der Waals surface area contributed by atoms with E-state index in [-0.39, 0.29) is 11.9 Å². The van der Waals surface area contributed by atoms with Crippen molar-refractivity contribution < 1.29 is 9.53 Å². The van der Waals surface area contributed by atoms with Crippen molar-refractivity contribution in [2.45, 2.75) is 40.0 Å². The fourth-order valence-electron chi connectivity index (χ4n) is 3.18. The lowest BCUT2D eigenvalue weighted by Crippen LogP contribution is -2.43. The first-order chi connectivity index (χ1) is 10.1. The van der Waals surface area contributed by atoms with Gasteiger partial charge in [0.25, 0.3) is 0 Å². The van der Waals surface area contributed by atoms with E-state index in [1.54, 1.807) is 7.05 Å². The van der Waals surface area contributed by atoms with Crippen molar-refractivity contribution in [3.8, 4) is 0 Å². The van der Waals surface area contributed by atoms with Crippen LogP contribution in [0.1, 0.15) is 40.0 Å². The summed E-state index contributed by atoms with van der Waals surface area (Å²) in [6.45, 7) is 9.10. The summed E-state index contributed by atoms with van der Waals surface area (Å²) in [5.74, 6) is 2.12. The van der Waals surface area contributed by atoms with Crippen molar-refractivity contribution in [1.82, 2.24) is 10.2 Å². The predicted molar refractivity (Wildman–Crippen MR) is 86.3 cm³/mol. The Labute approximate surface area is 129 Å². The third kappa shape index (κ3) is 4.90. The maximum absolute atomic E-state index is 11.4. The molecule has 1 saturated heterocycles. The number of hydrogen-bond acceptors (Lipinski definition) is 3. The molecule has 0 spiro atoms. The summed E-state index contributed by atoms with van der Waals surface area (Å²) in [5.41, 5.74) is 0. The summed E-state index contributed by atoms with van der Waals surface area (Å²) in [6.07, 6.45) is 3.74. The van der Waals surface area contributed by atoms with Gasteiger partial charge < -0.3 is 15.0 Å². The second-order valence-electron chi connectivity index (χ2n) is 5.92. The number of ether oxygens (including phenoxy) is 1. The van der Waals surface area contributed by atoms with Gasteiger partial charge in [0.2, 0.25) is 0 Å². The highest BCUT2D eigenvalue weighted by atomic mass is 16.5. The summed E-state index contributed by atoms with van der Waals surface area (Å²) in [6, 6.07) is 0. The molecule has 0 aliphatic carbocycles. The summed E-state index contributed by atoms with van der Waals surface area (Å²) in [5, 5.41) is 3.30. The zero-order valence-electron chi connectivity index (χ0n) is 14.2. The van der Waals surface area contributed by atoms with Gasteiger partial charge in [-0.2, -0.15) is 0 Å². The van der Waals surface area contributed by atoms with Crippen LogP contribution < -0.4 is 5.32 Å². The zero-order chi connectivity index (χ0) is 15.8. The van der Waals surface area contributed by atoms with E-state index >= 15 is 0 Å². The highest BCUT2D eigenvalue weighted by Gasteiger charge is 2.29. The first-order valence-electron chi connectivity index (χ1n) is 8.10. The first kappa shape index (κ1) is 17.8. The Morgan fingerprint density at radius 1 is 1.43 bits per heavy atom.